The summed E-state index contributed by atoms with van der Waals surface area (Å²) in [4.78, 5) is 15.8. The number of carbonyl (C=O) groups excluding carboxylic acids is 1. The Morgan fingerprint density at radius 1 is 1.50 bits per heavy atom. The van der Waals surface area contributed by atoms with E-state index in [2.05, 4.69) is 12.2 Å². The van der Waals surface area contributed by atoms with Crippen molar-refractivity contribution in [2.45, 2.75) is 32.7 Å². The number of amides is 1. The zero-order valence-corrected chi connectivity index (χ0v) is 11.4. The van der Waals surface area contributed by atoms with Crippen LogP contribution in [0.4, 0.5) is 0 Å². The minimum atomic E-state index is -0.537. The van der Waals surface area contributed by atoms with Gasteiger partial charge in [-0.05, 0) is 32.5 Å². The molecular weight excluding hydrogens is 222 g/mol. The lowest BCUT2D eigenvalue weighted by Gasteiger charge is -2.46. The van der Waals surface area contributed by atoms with E-state index in [0.717, 1.165) is 26.1 Å². The molecule has 0 aromatic heterocycles. The lowest BCUT2D eigenvalue weighted by atomic mass is 9.98. The highest BCUT2D eigenvalue weighted by molar-refractivity contribution is 7.80. The molecule has 92 valence electrons. The number of carbonyl (C=O) groups is 1. The average Bonchev–Trinajstić information content (AvgIpc) is 2.23. The zero-order valence-electron chi connectivity index (χ0n) is 10.5. The van der Waals surface area contributed by atoms with Gasteiger partial charge in [0.2, 0.25) is 5.91 Å². The topological polar surface area (TPSA) is 35.6 Å². The number of thiocarbonyl (C=S) groups is 1. The van der Waals surface area contributed by atoms with Gasteiger partial charge in [0.15, 0.2) is 5.11 Å². The molecule has 0 unspecified atom stereocenters. The molecule has 16 heavy (non-hydrogen) atoms. The van der Waals surface area contributed by atoms with Crippen molar-refractivity contribution in [3.05, 3.63) is 0 Å². The third-order valence-corrected chi connectivity index (χ3v) is 3.34. The largest absolute Gasteiger partial charge is 0.363 e. The van der Waals surface area contributed by atoms with E-state index in [-0.39, 0.29) is 5.91 Å². The van der Waals surface area contributed by atoms with E-state index < -0.39 is 5.54 Å². The summed E-state index contributed by atoms with van der Waals surface area (Å²) in [6.45, 7) is 8.32. The van der Waals surface area contributed by atoms with Crippen LogP contribution in [0.25, 0.3) is 0 Å². The van der Waals surface area contributed by atoms with E-state index in [1.807, 2.05) is 25.8 Å². The van der Waals surface area contributed by atoms with Gasteiger partial charge in [0.1, 0.15) is 5.54 Å². The van der Waals surface area contributed by atoms with E-state index in [4.69, 9.17) is 12.2 Å². The fraction of sp³-hybridized carbons (Fsp3) is 0.818. The summed E-state index contributed by atoms with van der Waals surface area (Å²) in [6.07, 6.45) is 1.03. The van der Waals surface area contributed by atoms with Gasteiger partial charge in [-0.2, -0.15) is 0 Å². The standard InChI is InChI=1S/C11H21N3OS/c1-5-6-12-10(16)14-8-7-13(4)9(15)11(14,2)3/h5-8H2,1-4H3,(H,12,16). The molecule has 1 aliphatic heterocycles. The zero-order chi connectivity index (χ0) is 12.3. The normalized spacial score (nSPS) is 19.9. The molecule has 0 spiro atoms. The van der Waals surface area contributed by atoms with Gasteiger partial charge in [-0.3, -0.25) is 4.79 Å². The molecular formula is C11H21N3OS. The first-order valence-electron chi connectivity index (χ1n) is 5.72. The molecule has 1 fully saturated rings. The van der Waals surface area contributed by atoms with Gasteiger partial charge in [-0.15, -0.1) is 0 Å². The second-order valence-corrected chi connectivity index (χ2v) is 5.06. The fourth-order valence-electron chi connectivity index (χ4n) is 1.90. The summed E-state index contributed by atoms with van der Waals surface area (Å²) in [5.74, 6) is 0.124. The SMILES string of the molecule is CCCNC(=S)N1CCN(C)C(=O)C1(C)C. The van der Waals surface area contributed by atoms with Crippen LogP contribution in [-0.2, 0) is 4.79 Å². The summed E-state index contributed by atoms with van der Waals surface area (Å²) in [6, 6.07) is 0. The number of hydrogen-bond acceptors (Lipinski definition) is 2. The maximum atomic E-state index is 12.0. The molecule has 1 saturated heterocycles. The van der Waals surface area contributed by atoms with Crippen molar-refractivity contribution in [3.63, 3.8) is 0 Å². The monoisotopic (exact) mass is 243 g/mol. The summed E-state index contributed by atoms with van der Waals surface area (Å²) in [5.41, 5.74) is -0.537. The number of likely N-dealkylation sites (N-methyl/N-ethyl adjacent to an activating group) is 1. The molecule has 1 amide bonds. The number of rotatable bonds is 2. The first-order valence-corrected chi connectivity index (χ1v) is 6.13. The average molecular weight is 243 g/mol. The molecule has 0 atom stereocenters. The van der Waals surface area contributed by atoms with Crippen LogP contribution in [0.2, 0.25) is 0 Å². The van der Waals surface area contributed by atoms with Crippen molar-refractivity contribution < 1.29 is 4.79 Å². The quantitative estimate of drug-likeness (QED) is 0.729. The molecule has 0 bridgehead atoms. The van der Waals surface area contributed by atoms with Gasteiger partial charge in [0, 0.05) is 26.7 Å². The van der Waals surface area contributed by atoms with Gasteiger partial charge >= 0.3 is 0 Å². The van der Waals surface area contributed by atoms with Gasteiger partial charge in [0.25, 0.3) is 0 Å². The van der Waals surface area contributed by atoms with Crippen molar-refractivity contribution in [1.29, 1.82) is 0 Å². The van der Waals surface area contributed by atoms with E-state index in [1.165, 1.54) is 0 Å². The summed E-state index contributed by atoms with van der Waals surface area (Å²) in [7, 11) is 1.84. The van der Waals surface area contributed by atoms with E-state index in [1.54, 1.807) is 4.90 Å². The van der Waals surface area contributed by atoms with Crippen LogP contribution < -0.4 is 5.32 Å². The Bertz CT molecular complexity index is 291. The predicted molar refractivity (Wildman–Crippen MR) is 69.3 cm³/mol. The van der Waals surface area contributed by atoms with Gasteiger partial charge in [0.05, 0.1) is 0 Å². The predicted octanol–water partition coefficient (Wildman–Crippen LogP) is 0.823. The highest BCUT2D eigenvalue weighted by Gasteiger charge is 2.41. The fourth-order valence-corrected chi connectivity index (χ4v) is 2.32. The lowest BCUT2D eigenvalue weighted by Crippen LogP contribution is -2.65. The second-order valence-electron chi connectivity index (χ2n) is 4.67. The highest BCUT2D eigenvalue weighted by atomic mass is 32.1. The number of piperazine rings is 1. The van der Waals surface area contributed by atoms with Crippen LogP contribution in [0.15, 0.2) is 0 Å². The molecule has 4 nitrogen and oxygen atoms in total. The Balaban J connectivity index is 2.73. The first kappa shape index (κ1) is 13.2. The van der Waals surface area contributed by atoms with E-state index >= 15 is 0 Å². The van der Waals surface area contributed by atoms with Crippen molar-refractivity contribution in [2.75, 3.05) is 26.7 Å². The minimum Gasteiger partial charge on any atom is -0.363 e. The Hall–Kier alpha value is -0.840. The molecule has 0 aromatic carbocycles. The van der Waals surface area contributed by atoms with E-state index in [0.29, 0.717) is 5.11 Å². The Morgan fingerprint density at radius 2 is 2.12 bits per heavy atom. The molecule has 1 rings (SSSR count). The molecule has 0 aromatic rings. The van der Waals surface area contributed by atoms with Crippen LogP contribution in [0.1, 0.15) is 27.2 Å². The van der Waals surface area contributed by atoms with E-state index in [9.17, 15) is 4.79 Å². The molecule has 1 aliphatic rings. The molecule has 0 aliphatic carbocycles. The molecule has 1 N–H and O–H groups in total. The minimum absolute atomic E-state index is 0.124. The van der Waals surface area contributed by atoms with Crippen molar-refractivity contribution in [1.82, 2.24) is 15.1 Å². The van der Waals surface area contributed by atoms with Crippen LogP contribution >= 0.6 is 12.2 Å². The number of nitrogens with zero attached hydrogens (tertiary/aromatic N) is 2. The molecule has 0 saturated carbocycles. The Labute approximate surface area is 103 Å². The number of nitrogens with one attached hydrogen (secondary N) is 1. The first-order chi connectivity index (χ1) is 7.41. The molecule has 5 heteroatoms. The second kappa shape index (κ2) is 4.99. The maximum absolute atomic E-state index is 12.0. The highest BCUT2D eigenvalue weighted by Crippen LogP contribution is 2.21. The lowest BCUT2D eigenvalue weighted by molar-refractivity contribution is -0.143. The molecule has 0 radical (unpaired) electrons. The van der Waals surface area contributed by atoms with Crippen molar-refractivity contribution in [3.8, 4) is 0 Å². The van der Waals surface area contributed by atoms with Gasteiger partial charge in [-0.1, -0.05) is 6.92 Å². The van der Waals surface area contributed by atoms with Gasteiger partial charge in [-0.25, -0.2) is 0 Å². The maximum Gasteiger partial charge on any atom is 0.247 e. The summed E-state index contributed by atoms with van der Waals surface area (Å²) < 4.78 is 0. The van der Waals surface area contributed by atoms with Crippen molar-refractivity contribution >= 4 is 23.2 Å². The smallest absolute Gasteiger partial charge is 0.247 e. The van der Waals surface area contributed by atoms with Crippen LogP contribution in [0.3, 0.4) is 0 Å². The van der Waals surface area contributed by atoms with Crippen LogP contribution in [-0.4, -0.2) is 53.0 Å². The van der Waals surface area contributed by atoms with Crippen LogP contribution in [0.5, 0.6) is 0 Å². The summed E-state index contributed by atoms with van der Waals surface area (Å²) >= 11 is 5.32. The Kier molecular flexibility index (Phi) is 4.13. The van der Waals surface area contributed by atoms with Crippen molar-refractivity contribution in [2.24, 2.45) is 0 Å². The summed E-state index contributed by atoms with van der Waals surface area (Å²) in [5, 5.41) is 3.87. The van der Waals surface area contributed by atoms with Gasteiger partial charge < -0.3 is 15.1 Å². The molecule has 1 heterocycles. The van der Waals surface area contributed by atoms with Crippen LogP contribution in [0, 0.1) is 0 Å². The third-order valence-electron chi connectivity index (χ3n) is 2.98. The number of hydrogen-bond donors (Lipinski definition) is 1. The Morgan fingerprint density at radius 3 is 2.69 bits per heavy atom. The third kappa shape index (κ3) is 2.45.